The molecule has 2 N–H and O–H groups in total. The number of aryl methyl sites for hydroxylation is 1. The number of ketones is 2. The van der Waals surface area contributed by atoms with E-state index in [1.165, 1.54) is 31.4 Å². The van der Waals surface area contributed by atoms with Gasteiger partial charge >= 0.3 is 0 Å². The molecule has 0 bridgehead atoms. The van der Waals surface area contributed by atoms with E-state index in [9.17, 15) is 43.9 Å². The quantitative estimate of drug-likeness (QED) is 0.0529. The van der Waals surface area contributed by atoms with Gasteiger partial charge in [0.1, 0.15) is 27.0 Å². The van der Waals surface area contributed by atoms with Crippen LogP contribution >= 0.6 is 10.5 Å². The molecule has 0 aliphatic rings. The van der Waals surface area contributed by atoms with E-state index in [-0.39, 0.29) is 49.7 Å². The number of ether oxygens (including phenoxy) is 2. The number of methoxy groups -OCH3 is 1. The average Bonchev–Trinajstić information content (AvgIpc) is 3.43. The lowest BCUT2D eigenvalue weighted by atomic mass is 9.95. The minimum absolute atomic E-state index is 0.110. The third-order valence-corrected chi connectivity index (χ3v) is 18.1. The molecule has 382 valence electrons. The van der Waals surface area contributed by atoms with Crippen LogP contribution in [0.3, 0.4) is 0 Å². The fraction of sp³-hybridized carbons (Fsp3) is 0.0500. The summed E-state index contributed by atoms with van der Waals surface area (Å²) in [6.07, 6.45) is 0. The first kappa shape index (κ1) is 52.8. The van der Waals surface area contributed by atoms with Crippen LogP contribution in [-0.4, -0.2) is 58.4 Å². The number of rotatable bonds is 16. The van der Waals surface area contributed by atoms with Crippen LogP contribution in [0.1, 0.15) is 44.3 Å². The minimum atomic E-state index is -4.82. The Morgan fingerprint density at radius 1 is 0.447 bits per heavy atom. The molecule has 0 saturated heterocycles. The lowest BCUT2D eigenvalue weighted by Gasteiger charge is -2.14. The fourth-order valence-corrected chi connectivity index (χ4v) is 12.7. The molecule has 0 aromatic heterocycles. The summed E-state index contributed by atoms with van der Waals surface area (Å²) in [5, 5.41) is 2.07. The number of hydrogen-bond acceptors (Lipinski definition) is 10. The summed E-state index contributed by atoms with van der Waals surface area (Å²) in [4.78, 5) is 28.7. The molecule has 9 rings (SSSR count). The van der Waals surface area contributed by atoms with Crippen LogP contribution in [-0.2, 0) is 30.1 Å². The van der Waals surface area contributed by atoms with Crippen molar-refractivity contribution in [2.45, 2.75) is 43.2 Å². The number of carbonyl (C=O) groups excluding carboxylic acids is 2. The summed E-state index contributed by atoms with van der Waals surface area (Å²) in [5.74, 6) is -0.477. The topological polar surface area (TPSA) is 195 Å². The predicted molar refractivity (Wildman–Crippen MR) is 294 cm³/mol. The van der Waals surface area contributed by atoms with E-state index in [4.69, 9.17) is 9.47 Å². The normalized spacial score (nSPS) is 12.2. The monoisotopic (exact) mass is 1090 g/mol. The van der Waals surface area contributed by atoms with Gasteiger partial charge in [0, 0.05) is 32.0 Å². The molecule has 0 spiro atoms. The predicted octanol–water partition coefficient (Wildman–Crippen LogP) is 13.1. The van der Waals surface area contributed by atoms with Crippen molar-refractivity contribution in [1.82, 2.24) is 0 Å². The second-order valence-corrected chi connectivity index (χ2v) is 24.2. The first-order valence-corrected chi connectivity index (χ1v) is 29.0. The Balaban J connectivity index is 0.836. The summed E-state index contributed by atoms with van der Waals surface area (Å²) in [6.45, 7) is 3.85. The molecule has 0 fully saturated rings. The number of benzene rings is 9. The number of hydrogen-bond donors (Lipinski definition) is 2. The van der Waals surface area contributed by atoms with Crippen molar-refractivity contribution in [1.29, 1.82) is 0 Å². The molecular formula is C60H46O12S4. The van der Waals surface area contributed by atoms with E-state index in [0.29, 0.717) is 22.3 Å². The van der Waals surface area contributed by atoms with Crippen LogP contribution in [0.5, 0.6) is 17.2 Å². The van der Waals surface area contributed by atoms with Crippen molar-refractivity contribution in [3.8, 4) is 50.6 Å². The van der Waals surface area contributed by atoms with Gasteiger partial charge in [0.2, 0.25) is 9.84 Å². The van der Waals surface area contributed by atoms with Gasteiger partial charge in [0.25, 0.3) is 20.2 Å². The van der Waals surface area contributed by atoms with Crippen molar-refractivity contribution in [2.24, 2.45) is 0 Å². The Morgan fingerprint density at radius 2 is 0.829 bits per heavy atom. The fourth-order valence-electron chi connectivity index (χ4n) is 8.46. The van der Waals surface area contributed by atoms with Gasteiger partial charge in [0.05, 0.1) is 16.9 Å². The van der Waals surface area contributed by atoms with Crippen LogP contribution in [0.25, 0.3) is 33.4 Å². The van der Waals surface area contributed by atoms with Gasteiger partial charge in [-0.3, -0.25) is 18.7 Å². The van der Waals surface area contributed by atoms with E-state index >= 15 is 0 Å². The summed E-state index contributed by atoms with van der Waals surface area (Å²) >= 11 is 0. The van der Waals surface area contributed by atoms with Crippen molar-refractivity contribution < 1.29 is 53.4 Å². The highest BCUT2D eigenvalue weighted by Gasteiger charge is 2.23. The summed E-state index contributed by atoms with van der Waals surface area (Å²) < 4.78 is 106. The van der Waals surface area contributed by atoms with Gasteiger partial charge < -0.3 is 9.47 Å². The van der Waals surface area contributed by atoms with Crippen molar-refractivity contribution >= 4 is 57.5 Å². The zero-order chi connectivity index (χ0) is 53.9. The molecule has 16 heteroatoms. The molecule has 76 heavy (non-hydrogen) atoms. The molecule has 0 aliphatic heterocycles. The lowest BCUT2D eigenvalue weighted by molar-refractivity contribution is 0.103. The van der Waals surface area contributed by atoms with Gasteiger partial charge in [0.15, 0.2) is 11.6 Å². The Kier molecular flexibility index (Phi) is 15.0. The summed E-state index contributed by atoms with van der Waals surface area (Å²) in [5.41, 5.74) is 6.45. The van der Waals surface area contributed by atoms with E-state index in [0.717, 1.165) is 49.7 Å². The molecule has 0 saturated carbocycles. The Hall–Kier alpha value is -8.09. The van der Waals surface area contributed by atoms with Crippen molar-refractivity contribution in [3.63, 3.8) is 0 Å². The third-order valence-electron chi connectivity index (χ3n) is 12.5. The Morgan fingerprint density at radius 3 is 1.26 bits per heavy atom. The van der Waals surface area contributed by atoms with E-state index < -0.39 is 50.3 Å². The second kappa shape index (κ2) is 21.6. The Bertz CT molecular complexity index is 4060. The van der Waals surface area contributed by atoms with Gasteiger partial charge in [-0.15, -0.1) is 10.5 Å². The SMILES string of the molecule is C/C=S(\c1ccc(Oc2ccc(-c3ccc(OC)c(S(=O)(=O)O)c3)cc2S(=O)(=O)O)cc1)c1ccc(-c2ccc(C(=O)c3cccc(C(=O)c4ccc(-c5ccc(S(=O)(=O)c6ccc(C)cc6)cc5)cc4)c3)cc2)cc1. The van der Waals surface area contributed by atoms with Crippen LogP contribution in [0, 0.1) is 6.92 Å². The van der Waals surface area contributed by atoms with Crippen LogP contribution in [0.4, 0.5) is 0 Å². The smallest absolute Gasteiger partial charge is 0.298 e. The molecule has 1 unspecified atom stereocenters. The maximum atomic E-state index is 13.7. The molecule has 9 aromatic carbocycles. The maximum absolute atomic E-state index is 13.7. The van der Waals surface area contributed by atoms with Gasteiger partial charge in [-0.2, -0.15) is 16.8 Å². The highest BCUT2D eigenvalue weighted by atomic mass is 32.2. The summed E-state index contributed by atoms with van der Waals surface area (Å²) in [7, 11) is -12.4. The minimum Gasteiger partial charge on any atom is -0.495 e. The first-order valence-electron chi connectivity index (χ1n) is 23.3. The van der Waals surface area contributed by atoms with Gasteiger partial charge in [-0.1, -0.05) is 126 Å². The molecule has 9 aromatic rings. The van der Waals surface area contributed by atoms with Gasteiger partial charge in [-0.05, 0) is 138 Å². The zero-order valence-corrected chi connectivity index (χ0v) is 44.1. The van der Waals surface area contributed by atoms with Crippen LogP contribution < -0.4 is 9.47 Å². The molecule has 0 heterocycles. The first-order chi connectivity index (χ1) is 36.3. The van der Waals surface area contributed by atoms with Crippen LogP contribution in [0.2, 0.25) is 0 Å². The number of carbonyl (C=O) groups is 2. The highest BCUT2D eigenvalue weighted by molar-refractivity contribution is 8.15. The molecule has 12 nitrogen and oxygen atoms in total. The Labute approximate surface area is 443 Å². The van der Waals surface area contributed by atoms with E-state index in [1.807, 2.05) is 62.4 Å². The standard InChI is InChI=1S/C60H46O12S4/c1-4-73(52-28-24-50(25-29-52)72-56-35-23-47(38-58(56)76(68,69)70)46-22-34-55(71-3)57(37-46)75(65,66)67)51-26-18-42(19-27-51)40-10-14-44(15-11-40)59(61)48-6-5-7-49(36-48)60(62)45-16-12-41(13-17-45)43-20-32-54(33-21-43)74(63,64)53-30-8-39(2)9-31-53/h4-38H,1-3H3,(H,65,66,67)(H,68,69,70). The number of sulfone groups is 1. The van der Waals surface area contributed by atoms with Crippen molar-refractivity contribution in [3.05, 3.63) is 234 Å². The van der Waals surface area contributed by atoms with Gasteiger partial charge in [-0.25, -0.2) is 8.42 Å². The maximum Gasteiger partial charge on any atom is 0.298 e. The molecule has 0 amide bonds. The zero-order valence-electron chi connectivity index (χ0n) is 40.8. The molecular weight excluding hydrogens is 1040 g/mol. The van der Waals surface area contributed by atoms with Crippen molar-refractivity contribution in [2.75, 3.05) is 7.11 Å². The molecule has 0 radical (unpaired) electrons. The van der Waals surface area contributed by atoms with Crippen LogP contribution in [0.15, 0.2) is 236 Å². The molecule has 0 aliphatic carbocycles. The second-order valence-electron chi connectivity index (χ2n) is 17.4. The van der Waals surface area contributed by atoms with E-state index in [2.05, 4.69) is 5.37 Å². The molecule has 1 atom stereocenters. The lowest BCUT2D eigenvalue weighted by Crippen LogP contribution is -2.06. The highest BCUT2D eigenvalue weighted by Crippen LogP contribution is 2.40. The third kappa shape index (κ3) is 11.4. The summed E-state index contributed by atoms with van der Waals surface area (Å²) in [6, 6.07) is 57.3. The average molecular weight is 1090 g/mol. The largest absolute Gasteiger partial charge is 0.495 e. The van der Waals surface area contributed by atoms with E-state index in [1.54, 1.807) is 121 Å².